The van der Waals surface area contributed by atoms with Crippen molar-refractivity contribution in [2.75, 3.05) is 12.0 Å². The number of hydrogen-bond acceptors (Lipinski definition) is 4. The second-order valence-corrected chi connectivity index (χ2v) is 11.3. The molecule has 122 valence electrons. The maximum atomic E-state index is 12.5. The lowest BCUT2D eigenvalue weighted by Gasteiger charge is -2.45. The van der Waals surface area contributed by atoms with Crippen LogP contribution in [0.3, 0.4) is 0 Å². The van der Waals surface area contributed by atoms with Gasteiger partial charge in [0.2, 0.25) is 0 Å². The second-order valence-electron chi connectivity index (χ2n) is 5.85. The van der Waals surface area contributed by atoms with Gasteiger partial charge in [0.05, 0.1) is 5.75 Å². The van der Waals surface area contributed by atoms with Crippen LogP contribution in [-0.2, 0) is 18.5 Å². The molecule has 9 heteroatoms. The number of Topliss-reactive ketones (excluding diaryl/α,β-unsaturated/α-hetero) is 1. The average molecular weight is 338 g/mol. The predicted molar refractivity (Wildman–Crippen MR) is 74.0 cm³/mol. The van der Waals surface area contributed by atoms with E-state index in [1.807, 2.05) is 0 Å². The Balaban J connectivity index is 5.57. The molecule has 0 heterocycles. The number of rotatable bonds is 5. The third-order valence-corrected chi connectivity index (χ3v) is 8.79. The van der Waals surface area contributed by atoms with Crippen LogP contribution in [0.1, 0.15) is 34.6 Å². The van der Waals surface area contributed by atoms with Crippen LogP contribution in [-0.4, -0.2) is 36.5 Å². The number of carbonyl (C=O) groups excluding carboxylic acids is 1. The van der Waals surface area contributed by atoms with E-state index in [1.54, 1.807) is 34.6 Å². The van der Waals surface area contributed by atoms with Gasteiger partial charge in [0.15, 0.2) is 0 Å². The highest BCUT2D eigenvalue weighted by Gasteiger charge is 2.52. The van der Waals surface area contributed by atoms with Crippen molar-refractivity contribution in [3.63, 3.8) is 0 Å². The molecule has 1 atom stereocenters. The van der Waals surface area contributed by atoms with Crippen molar-refractivity contribution >= 4 is 26.2 Å². The number of alkyl halides is 3. The van der Waals surface area contributed by atoms with E-state index in [0.29, 0.717) is 0 Å². The highest BCUT2D eigenvalue weighted by Crippen LogP contribution is 2.59. The van der Waals surface area contributed by atoms with Gasteiger partial charge < -0.3 is 0 Å². The Kier molecular flexibility index (Phi) is 5.76. The molecule has 0 aromatic rings. The van der Waals surface area contributed by atoms with Gasteiger partial charge in [0.25, 0.3) is 0 Å². The van der Waals surface area contributed by atoms with Gasteiger partial charge in [-0.3, -0.25) is 4.79 Å². The fourth-order valence-electron chi connectivity index (χ4n) is 1.02. The molecule has 4 nitrogen and oxygen atoms in total. The first-order chi connectivity index (χ1) is 8.53. The minimum Gasteiger partial charge on any atom is -0.298 e. The van der Waals surface area contributed by atoms with E-state index in [2.05, 4.69) is 3.63 Å². The molecule has 0 radical (unpaired) electrons. The quantitative estimate of drug-likeness (QED) is 0.722. The van der Waals surface area contributed by atoms with Gasteiger partial charge in [-0.1, -0.05) is 34.6 Å². The van der Waals surface area contributed by atoms with Gasteiger partial charge in [-0.05, 0) is 6.26 Å². The number of hydrogen-bond donors (Lipinski definition) is 0. The summed E-state index contributed by atoms with van der Waals surface area (Å²) in [5.41, 5.74) is -5.49. The van der Waals surface area contributed by atoms with E-state index in [0.717, 1.165) is 0 Å². The number of halogens is 3. The summed E-state index contributed by atoms with van der Waals surface area (Å²) in [7, 11) is -8.52. The van der Waals surface area contributed by atoms with Crippen LogP contribution in [0.2, 0.25) is 0 Å². The van der Waals surface area contributed by atoms with E-state index >= 15 is 0 Å². The minimum atomic E-state index is -5.73. The van der Waals surface area contributed by atoms with Gasteiger partial charge in [-0.25, -0.2) is 3.63 Å². The van der Waals surface area contributed by atoms with Gasteiger partial charge >= 0.3 is 15.6 Å². The van der Waals surface area contributed by atoms with Crippen LogP contribution in [0.4, 0.5) is 13.2 Å². The predicted octanol–water partition coefficient (Wildman–Crippen LogP) is 3.23. The second kappa shape index (κ2) is 5.84. The van der Waals surface area contributed by atoms with Crippen molar-refractivity contribution in [1.29, 1.82) is 0 Å². The SMILES string of the molecule is CC(C)C(=O)CS(C)(OS(=O)(=O)C(F)(F)F)C(C)(C)C. The van der Waals surface area contributed by atoms with Crippen molar-refractivity contribution < 1.29 is 30.0 Å². The van der Waals surface area contributed by atoms with E-state index in [1.165, 1.54) is 6.26 Å². The molecule has 0 bridgehead atoms. The highest BCUT2D eigenvalue weighted by molar-refractivity contribution is 8.33. The molecule has 20 heavy (non-hydrogen) atoms. The standard InChI is InChI=1S/C11H21F3O4S2/c1-8(2)9(15)7-19(6,10(3,4)5)18-20(16,17)11(12,13)14/h8H,7H2,1-6H3. The smallest absolute Gasteiger partial charge is 0.298 e. The van der Waals surface area contributed by atoms with Crippen LogP contribution >= 0.6 is 10.3 Å². The molecule has 0 saturated carbocycles. The van der Waals surface area contributed by atoms with Crippen LogP contribution in [0.5, 0.6) is 0 Å². The van der Waals surface area contributed by atoms with E-state index < -0.39 is 36.6 Å². The lowest BCUT2D eigenvalue weighted by atomic mass is 10.1. The maximum Gasteiger partial charge on any atom is 0.523 e. The maximum absolute atomic E-state index is 12.5. The molecule has 0 amide bonds. The van der Waals surface area contributed by atoms with Crippen molar-refractivity contribution in [1.82, 2.24) is 0 Å². The zero-order chi connectivity index (χ0) is 16.6. The largest absolute Gasteiger partial charge is 0.523 e. The Morgan fingerprint density at radius 2 is 1.55 bits per heavy atom. The molecule has 0 aromatic heterocycles. The molecular formula is C11H21F3O4S2. The topological polar surface area (TPSA) is 60.4 Å². The molecule has 0 aliphatic heterocycles. The fourth-order valence-corrected chi connectivity index (χ4v) is 5.23. The number of carbonyl (C=O) groups is 1. The van der Waals surface area contributed by atoms with E-state index in [4.69, 9.17) is 0 Å². The van der Waals surface area contributed by atoms with Gasteiger partial charge in [0.1, 0.15) is 5.78 Å². The average Bonchev–Trinajstić information content (AvgIpc) is 2.12. The molecule has 0 aliphatic carbocycles. The summed E-state index contributed by atoms with van der Waals surface area (Å²) >= 11 is 0. The van der Waals surface area contributed by atoms with Crippen LogP contribution < -0.4 is 0 Å². The van der Waals surface area contributed by atoms with Crippen molar-refractivity contribution in [2.45, 2.75) is 44.9 Å². The normalized spacial score (nSPS) is 18.7. The zero-order valence-electron chi connectivity index (χ0n) is 12.4. The number of ketones is 1. The van der Waals surface area contributed by atoms with Crippen molar-refractivity contribution in [3.05, 3.63) is 0 Å². The Bertz CT molecular complexity index is 463. The van der Waals surface area contributed by atoms with Gasteiger partial charge in [-0.15, -0.1) is 10.3 Å². The van der Waals surface area contributed by atoms with Gasteiger partial charge in [-0.2, -0.15) is 21.6 Å². The Hall–Kier alpha value is -0.280. The monoisotopic (exact) mass is 338 g/mol. The van der Waals surface area contributed by atoms with Crippen molar-refractivity contribution in [2.24, 2.45) is 5.92 Å². The molecule has 0 saturated heterocycles. The van der Waals surface area contributed by atoms with Crippen LogP contribution in [0, 0.1) is 5.92 Å². The van der Waals surface area contributed by atoms with Crippen molar-refractivity contribution in [3.8, 4) is 0 Å². The first-order valence-corrected chi connectivity index (χ1v) is 9.38. The minimum absolute atomic E-state index is 0.324. The van der Waals surface area contributed by atoms with Crippen LogP contribution in [0.25, 0.3) is 0 Å². The molecule has 0 N–H and O–H groups in total. The lowest BCUT2D eigenvalue weighted by molar-refractivity contribution is -0.119. The zero-order valence-corrected chi connectivity index (χ0v) is 14.0. The molecule has 0 fully saturated rings. The van der Waals surface area contributed by atoms with E-state index in [-0.39, 0.29) is 11.5 Å². The molecule has 0 spiro atoms. The Morgan fingerprint density at radius 3 is 1.80 bits per heavy atom. The molecular weight excluding hydrogens is 317 g/mol. The summed E-state index contributed by atoms with van der Waals surface area (Å²) in [6.45, 7) is 7.87. The molecule has 0 aliphatic rings. The van der Waals surface area contributed by atoms with Crippen LogP contribution in [0.15, 0.2) is 0 Å². The third-order valence-electron chi connectivity index (χ3n) is 2.88. The van der Waals surface area contributed by atoms with Gasteiger partial charge in [0, 0.05) is 10.7 Å². The summed E-state index contributed by atoms with van der Waals surface area (Å²) < 4.78 is 63.4. The summed E-state index contributed by atoms with van der Waals surface area (Å²) in [4.78, 5) is 11.8. The highest BCUT2D eigenvalue weighted by atomic mass is 32.3. The first kappa shape index (κ1) is 19.7. The summed E-state index contributed by atoms with van der Waals surface area (Å²) in [5, 5.41) is 0. The third kappa shape index (κ3) is 4.63. The summed E-state index contributed by atoms with van der Waals surface area (Å²) in [5.74, 6) is -1.06. The molecule has 0 rings (SSSR count). The fraction of sp³-hybridized carbons (Fsp3) is 0.909. The lowest BCUT2D eigenvalue weighted by Crippen LogP contribution is -2.37. The molecule has 1 unspecified atom stereocenters. The summed E-state index contributed by atoms with van der Waals surface area (Å²) in [6, 6.07) is 0. The summed E-state index contributed by atoms with van der Waals surface area (Å²) in [6.07, 6.45) is 1.29. The Labute approximate surface area is 119 Å². The first-order valence-electron chi connectivity index (χ1n) is 5.84. The molecule has 0 aromatic carbocycles. The Morgan fingerprint density at radius 1 is 1.15 bits per heavy atom. The van der Waals surface area contributed by atoms with E-state index in [9.17, 15) is 26.4 Å².